The molecule has 0 saturated carbocycles. The highest BCUT2D eigenvalue weighted by atomic mass is 79.9. The summed E-state index contributed by atoms with van der Waals surface area (Å²) in [4.78, 5) is 8.83. The summed E-state index contributed by atoms with van der Waals surface area (Å²) in [5.41, 5.74) is 1.83. The molecule has 0 spiro atoms. The van der Waals surface area contributed by atoms with E-state index in [1.165, 1.54) is 0 Å². The van der Waals surface area contributed by atoms with Gasteiger partial charge in [0.25, 0.3) is 0 Å². The maximum absolute atomic E-state index is 6.12. The van der Waals surface area contributed by atoms with Crippen LogP contribution in [0.4, 0.5) is 0 Å². The zero-order valence-electron chi connectivity index (χ0n) is 10.3. The lowest BCUT2D eigenvalue weighted by Gasteiger charge is -2.06. The van der Waals surface area contributed by atoms with E-state index in [4.69, 9.17) is 11.6 Å². The first kappa shape index (κ1) is 13.5. The Bertz CT molecular complexity index is 553. The van der Waals surface area contributed by atoms with Crippen molar-refractivity contribution in [2.45, 2.75) is 33.2 Å². The molecule has 0 bridgehead atoms. The van der Waals surface area contributed by atoms with Crippen LogP contribution in [0.15, 0.2) is 16.9 Å². The fraction of sp³-hybridized carbons (Fsp3) is 0.417. The van der Waals surface area contributed by atoms with Crippen molar-refractivity contribution >= 4 is 27.5 Å². The van der Waals surface area contributed by atoms with Gasteiger partial charge in [0, 0.05) is 12.7 Å². The third-order valence-electron chi connectivity index (χ3n) is 2.58. The predicted octanol–water partition coefficient (Wildman–Crippen LogP) is 3.73. The third kappa shape index (κ3) is 2.72. The van der Waals surface area contributed by atoms with Crippen LogP contribution in [0.2, 0.25) is 5.15 Å². The van der Waals surface area contributed by atoms with Crippen LogP contribution in [0, 0.1) is 0 Å². The lowest BCUT2D eigenvalue weighted by Crippen LogP contribution is -1.98. The number of aromatic nitrogens is 4. The van der Waals surface area contributed by atoms with Crippen molar-refractivity contribution in [1.82, 2.24) is 19.7 Å². The Morgan fingerprint density at radius 2 is 2.11 bits per heavy atom. The molecule has 18 heavy (non-hydrogen) atoms. The Labute approximate surface area is 120 Å². The molecule has 0 saturated heterocycles. The fourth-order valence-electron chi connectivity index (χ4n) is 1.65. The average Bonchev–Trinajstić information content (AvgIpc) is 2.83. The SMILES string of the molecule is CCCc1nc(-c2cnn(CC)c2)nc(Cl)c1Br. The smallest absolute Gasteiger partial charge is 0.164 e. The molecule has 0 radical (unpaired) electrons. The second-order valence-electron chi connectivity index (χ2n) is 3.93. The number of hydrogen-bond acceptors (Lipinski definition) is 3. The van der Waals surface area contributed by atoms with E-state index in [0.29, 0.717) is 11.0 Å². The van der Waals surface area contributed by atoms with Gasteiger partial charge < -0.3 is 0 Å². The first-order valence-corrected chi connectivity index (χ1v) is 7.07. The number of halogens is 2. The van der Waals surface area contributed by atoms with Crippen molar-refractivity contribution < 1.29 is 0 Å². The van der Waals surface area contributed by atoms with E-state index in [1.54, 1.807) is 6.20 Å². The molecule has 96 valence electrons. The molecule has 0 aromatic carbocycles. The second-order valence-corrected chi connectivity index (χ2v) is 5.08. The van der Waals surface area contributed by atoms with E-state index >= 15 is 0 Å². The normalized spacial score (nSPS) is 10.9. The van der Waals surface area contributed by atoms with Gasteiger partial charge in [-0.1, -0.05) is 24.9 Å². The van der Waals surface area contributed by atoms with Gasteiger partial charge in [0.2, 0.25) is 0 Å². The van der Waals surface area contributed by atoms with Gasteiger partial charge >= 0.3 is 0 Å². The lowest BCUT2D eigenvalue weighted by atomic mass is 10.2. The van der Waals surface area contributed by atoms with E-state index in [0.717, 1.165) is 35.1 Å². The first-order chi connectivity index (χ1) is 8.65. The van der Waals surface area contributed by atoms with Gasteiger partial charge in [0.05, 0.1) is 21.9 Å². The molecular formula is C12H14BrClN4. The Kier molecular flexibility index (Phi) is 4.35. The van der Waals surface area contributed by atoms with Gasteiger partial charge in [-0.05, 0) is 29.3 Å². The minimum atomic E-state index is 0.452. The average molecular weight is 330 g/mol. The molecule has 4 nitrogen and oxygen atoms in total. The number of nitrogens with zero attached hydrogens (tertiary/aromatic N) is 4. The van der Waals surface area contributed by atoms with E-state index in [1.807, 2.05) is 17.8 Å². The molecule has 2 heterocycles. The van der Waals surface area contributed by atoms with Crippen molar-refractivity contribution in [3.63, 3.8) is 0 Å². The molecular weight excluding hydrogens is 316 g/mol. The topological polar surface area (TPSA) is 43.6 Å². The maximum Gasteiger partial charge on any atom is 0.164 e. The van der Waals surface area contributed by atoms with Gasteiger partial charge in [0.1, 0.15) is 5.15 Å². The summed E-state index contributed by atoms with van der Waals surface area (Å²) in [6.45, 7) is 4.97. The summed E-state index contributed by atoms with van der Waals surface area (Å²) in [6, 6.07) is 0. The van der Waals surface area contributed by atoms with Crippen molar-refractivity contribution in [3.05, 3.63) is 27.7 Å². The van der Waals surface area contributed by atoms with E-state index in [2.05, 4.69) is 37.9 Å². The minimum Gasteiger partial charge on any atom is -0.272 e. The van der Waals surface area contributed by atoms with E-state index in [-0.39, 0.29) is 0 Å². The van der Waals surface area contributed by atoms with Crippen molar-refractivity contribution in [2.75, 3.05) is 0 Å². The standard InChI is InChI=1S/C12H14BrClN4/c1-3-5-9-10(13)11(14)17-12(16-9)8-6-15-18(4-2)7-8/h6-7H,3-5H2,1-2H3. The number of aryl methyl sites for hydroxylation is 2. The quantitative estimate of drug-likeness (QED) is 0.803. The Hall–Kier alpha value is -0.940. The van der Waals surface area contributed by atoms with Crippen molar-refractivity contribution in [3.8, 4) is 11.4 Å². The maximum atomic E-state index is 6.12. The highest BCUT2D eigenvalue weighted by Crippen LogP contribution is 2.27. The van der Waals surface area contributed by atoms with Crippen LogP contribution in [0.1, 0.15) is 26.0 Å². The van der Waals surface area contributed by atoms with Gasteiger partial charge in [-0.2, -0.15) is 5.10 Å². The molecule has 0 fully saturated rings. The number of rotatable bonds is 4. The first-order valence-electron chi connectivity index (χ1n) is 5.90. The molecule has 0 amide bonds. The Morgan fingerprint density at radius 1 is 1.33 bits per heavy atom. The van der Waals surface area contributed by atoms with Crippen LogP contribution in [0.3, 0.4) is 0 Å². The van der Waals surface area contributed by atoms with Gasteiger partial charge in [0.15, 0.2) is 5.82 Å². The van der Waals surface area contributed by atoms with Crippen LogP contribution in [0.25, 0.3) is 11.4 Å². The van der Waals surface area contributed by atoms with E-state index in [9.17, 15) is 0 Å². The summed E-state index contributed by atoms with van der Waals surface area (Å²) in [5, 5.41) is 4.67. The van der Waals surface area contributed by atoms with Crippen LogP contribution in [-0.4, -0.2) is 19.7 Å². The molecule has 0 N–H and O–H groups in total. The zero-order valence-corrected chi connectivity index (χ0v) is 12.7. The van der Waals surface area contributed by atoms with E-state index < -0.39 is 0 Å². The minimum absolute atomic E-state index is 0.452. The van der Waals surface area contributed by atoms with Crippen LogP contribution in [-0.2, 0) is 13.0 Å². The molecule has 0 unspecified atom stereocenters. The number of hydrogen-bond donors (Lipinski definition) is 0. The summed E-state index contributed by atoms with van der Waals surface area (Å²) in [7, 11) is 0. The Balaban J connectivity index is 2.44. The fourth-order valence-corrected chi connectivity index (χ4v) is 2.21. The largest absolute Gasteiger partial charge is 0.272 e. The molecule has 0 atom stereocenters. The molecule has 2 rings (SSSR count). The van der Waals surface area contributed by atoms with Crippen LogP contribution < -0.4 is 0 Å². The van der Waals surface area contributed by atoms with Crippen molar-refractivity contribution in [2.24, 2.45) is 0 Å². The van der Waals surface area contributed by atoms with Crippen LogP contribution in [0.5, 0.6) is 0 Å². The predicted molar refractivity (Wildman–Crippen MR) is 75.6 cm³/mol. The molecule has 2 aromatic rings. The molecule has 6 heteroatoms. The highest BCUT2D eigenvalue weighted by molar-refractivity contribution is 9.10. The monoisotopic (exact) mass is 328 g/mol. The van der Waals surface area contributed by atoms with Gasteiger partial charge in [-0.15, -0.1) is 0 Å². The van der Waals surface area contributed by atoms with Gasteiger partial charge in [-0.25, -0.2) is 9.97 Å². The summed E-state index contributed by atoms with van der Waals surface area (Å²) < 4.78 is 2.63. The van der Waals surface area contributed by atoms with Gasteiger partial charge in [-0.3, -0.25) is 4.68 Å². The molecule has 0 aliphatic heterocycles. The summed E-state index contributed by atoms with van der Waals surface area (Å²) >= 11 is 9.55. The molecule has 0 aliphatic carbocycles. The van der Waals surface area contributed by atoms with Crippen molar-refractivity contribution in [1.29, 1.82) is 0 Å². The Morgan fingerprint density at radius 3 is 2.72 bits per heavy atom. The highest BCUT2D eigenvalue weighted by Gasteiger charge is 2.12. The molecule has 2 aromatic heterocycles. The lowest BCUT2D eigenvalue weighted by molar-refractivity contribution is 0.660. The zero-order chi connectivity index (χ0) is 13.1. The third-order valence-corrected chi connectivity index (χ3v) is 3.92. The van der Waals surface area contributed by atoms with Crippen LogP contribution >= 0.6 is 27.5 Å². The second kappa shape index (κ2) is 5.80. The summed E-state index contributed by atoms with van der Waals surface area (Å²) in [6.07, 6.45) is 5.57. The molecule has 0 aliphatic rings. The summed E-state index contributed by atoms with van der Waals surface area (Å²) in [5.74, 6) is 0.631.